The summed E-state index contributed by atoms with van der Waals surface area (Å²) in [6.45, 7) is 0. The minimum absolute atomic E-state index is 0.278. The number of carbonyl (C=O) groups excluding carboxylic acids is 1. The van der Waals surface area contributed by atoms with Crippen molar-refractivity contribution in [2.45, 2.75) is 12.6 Å². The van der Waals surface area contributed by atoms with Crippen molar-refractivity contribution < 1.29 is 37.8 Å². The van der Waals surface area contributed by atoms with Gasteiger partial charge >= 0.3 is 18.1 Å². The Balaban J connectivity index is 3.09. The van der Waals surface area contributed by atoms with Crippen molar-refractivity contribution in [1.29, 1.82) is 0 Å². The van der Waals surface area contributed by atoms with E-state index in [2.05, 4.69) is 15.9 Å². The molecule has 0 fully saturated rings. The molecule has 1 aromatic rings. The van der Waals surface area contributed by atoms with Gasteiger partial charge in [0.15, 0.2) is 11.7 Å². The van der Waals surface area contributed by atoms with Crippen LogP contribution in [0.15, 0.2) is 22.7 Å². The normalized spacial score (nSPS) is 11.5. The summed E-state index contributed by atoms with van der Waals surface area (Å²) in [5.74, 6) is -6.47. The number of carboxylic acids is 2. The van der Waals surface area contributed by atoms with Gasteiger partial charge in [0, 0.05) is 16.5 Å². The number of carbonyl (C=O) groups is 3. The molecule has 0 radical (unpaired) electrons. The second kappa shape index (κ2) is 6.25. The molecule has 2 N–H and O–H groups in total. The molecule has 0 amide bonds. The molecule has 0 aliphatic rings. The van der Waals surface area contributed by atoms with E-state index >= 15 is 0 Å². The Bertz CT molecular complexity index is 583. The van der Waals surface area contributed by atoms with E-state index < -0.39 is 47.4 Å². The number of aliphatic carboxylic acids is 2. The van der Waals surface area contributed by atoms with Gasteiger partial charge in [0.1, 0.15) is 0 Å². The maximum atomic E-state index is 12.7. The lowest BCUT2D eigenvalue weighted by atomic mass is 9.97. The summed E-state index contributed by atoms with van der Waals surface area (Å²) in [6.07, 6.45) is -5.63. The van der Waals surface area contributed by atoms with E-state index in [9.17, 15) is 27.6 Å². The van der Waals surface area contributed by atoms with Gasteiger partial charge in [-0.25, -0.2) is 0 Å². The van der Waals surface area contributed by atoms with Crippen LogP contribution in [0.4, 0.5) is 13.2 Å². The van der Waals surface area contributed by atoms with Gasteiger partial charge in [-0.05, 0) is 12.1 Å². The average Bonchev–Trinajstić information content (AvgIpc) is 2.33. The highest BCUT2D eigenvalue weighted by Gasteiger charge is 2.34. The van der Waals surface area contributed by atoms with Crippen LogP contribution in [0.3, 0.4) is 0 Å². The molecule has 0 aliphatic carbocycles. The van der Waals surface area contributed by atoms with Crippen LogP contribution in [-0.2, 0) is 15.8 Å². The molecule has 0 saturated heterocycles. The Morgan fingerprint density at radius 3 is 2.10 bits per heavy atom. The summed E-state index contributed by atoms with van der Waals surface area (Å²) in [7, 11) is 0. The van der Waals surface area contributed by atoms with E-state index in [1.54, 1.807) is 0 Å². The van der Waals surface area contributed by atoms with Crippen molar-refractivity contribution in [2.75, 3.05) is 0 Å². The van der Waals surface area contributed by atoms with Crippen molar-refractivity contribution in [3.05, 3.63) is 33.8 Å². The van der Waals surface area contributed by atoms with Gasteiger partial charge < -0.3 is 10.2 Å². The fourth-order valence-corrected chi connectivity index (χ4v) is 1.97. The molecule has 0 spiro atoms. The van der Waals surface area contributed by atoms with Crippen LogP contribution in [0.1, 0.15) is 22.3 Å². The molecule has 21 heavy (non-hydrogen) atoms. The first kappa shape index (κ1) is 17.2. The molecule has 1 rings (SSSR count). The molecule has 0 aromatic heterocycles. The van der Waals surface area contributed by atoms with Crippen molar-refractivity contribution in [3.63, 3.8) is 0 Å². The van der Waals surface area contributed by atoms with Gasteiger partial charge in [-0.2, -0.15) is 13.2 Å². The zero-order chi connectivity index (χ0) is 16.4. The van der Waals surface area contributed by atoms with E-state index in [1.165, 1.54) is 0 Å². The molecule has 0 atom stereocenters. The predicted octanol–water partition coefficient (Wildman–Crippen LogP) is 2.83. The topological polar surface area (TPSA) is 91.7 Å². The van der Waals surface area contributed by atoms with Crippen molar-refractivity contribution >= 4 is 33.7 Å². The number of hydrogen-bond donors (Lipinski definition) is 2. The van der Waals surface area contributed by atoms with Crippen LogP contribution in [0.25, 0.3) is 0 Å². The van der Waals surface area contributed by atoms with Crippen molar-refractivity contribution in [2.24, 2.45) is 5.92 Å². The van der Waals surface area contributed by atoms with Gasteiger partial charge in [0.2, 0.25) is 0 Å². The summed E-state index contributed by atoms with van der Waals surface area (Å²) >= 11 is 2.69. The third kappa shape index (κ3) is 4.28. The monoisotopic (exact) mass is 368 g/mol. The quantitative estimate of drug-likeness (QED) is 0.615. The number of halogens is 4. The summed E-state index contributed by atoms with van der Waals surface area (Å²) in [5.41, 5.74) is -1.51. The van der Waals surface area contributed by atoms with Gasteiger partial charge in [-0.1, -0.05) is 22.0 Å². The average molecular weight is 369 g/mol. The minimum Gasteiger partial charge on any atom is -0.481 e. The highest BCUT2D eigenvalue weighted by Crippen LogP contribution is 2.35. The molecule has 0 unspecified atom stereocenters. The Morgan fingerprint density at radius 2 is 1.67 bits per heavy atom. The molecule has 0 heterocycles. The summed E-state index contributed by atoms with van der Waals surface area (Å²) in [5, 5.41) is 17.3. The Morgan fingerprint density at radius 1 is 1.14 bits per heavy atom. The first-order chi connectivity index (χ1) is 9.54. The highest BCUT2D eigenvalue weighted by molar-refractivity contribution is 9.10. The number of carboxylic acid groups (broad SMARTS) is 2. The third-order valence-corrected chi connectivity index (χ3v) is 3.27. The maximum absolute atomic E-state index is 12.7. The van der Waals surface area contributed by atoms with E-state index in [0.717, 1.165) is 12.1 Å². The first-order valence-electron chi connectivity index (χ1n) is 5.39. The van der Waals surface area contributed by atoms with E-state index in [1.807, 2.05) is 0 Å². The Hall–Kier alpha value is -1.90. The lowest BCUT2D eigenvalue weighted by Crippen LogP contribution is -2.26. The van der Waals surface area contributed by atoms with E-state index in [4.69, 9.17) is 10.2 Å². The largest absolute Gasteiger partial charge is 0.481 e. The fourth-order valence-electron chi connectivity index (χ4n) is 1.50. The SMILES string of the molecule is O=C(CC(C(=O)O)C(=O)O)c1ccc(Br)c(C(F)(F)F)c1. The van der Waals surface area contributed by atoms with Crippen LogP contribution in [0.5, 0.6) is 0 Å². The number of hydrogen-bond acceptors (Lipinski definition) is 3. The molecule has 1 aromatic carbocycles. The van der Waals surface area contributed by atoms with Crippen LogP contribution in [0.2, 0.25) is 0 Å². The second-order valence-corrected chi connectivity index (χ2v) is 4.90. The minimum atomic E-state index is -4.70. The third-order valence-electron chi connectivity index (χ3n) is 2.58. The number of benzene rings is 1. The van der Waals surface area contributed by atoms with Crippen LogP contribution >= 0.6 is 15.9 Å². The fraction of sp³-hybridized carbons (Fsp3) is 0.250. The molecule has 0 bridgehead atoms. The Labute approximate surface area is 124 Å². The molecular weight excluding hydrogens is 361 g/mol. The molecule has 114 valence electrons. The van der Waals surface area contributed by atoms with Gasteiger partial charge in [-0.15, -0.1) is 0 Å². The molecule has 0 saturated carbocycles. The number of Topliss-reactive ketones (excluding diaryl/α,β-unsaturated/α-hetero) is 1. The maximum Gasteiger partial charge on any atom is 0.417 e. The lowest BCUT2D eigenvalue weighted by molar-refractivity contribution is -0.154. The molecule has 0 aliphatic heterocycles. The molecular formula is C12H8BrF3O5. The highest BCUT2D eigenvalue weighted by atomic mass is 79.9. The molecule has 9 heteroatoms. The first-order valence-corrected chi connectivity index (χ1v) is 6.19. The van der Waals surface area contributed by atoms with Gasteiger partial charge in [0.05, 0.1) is 5.56 Å². The van der Waals surface area contributed by atoms with E-state index in [0.29, 0.717) is 6.07 Å². The number of ketones is 1. The zero-order valence-electron chi connectivity index (χ0n) is 10.1. The lowest BCUT2D eigenvalue weighted by Gasteiger charge is -2.11. The zero-order valence-corrected chi connectivity index (χ0v) is 11.7. The number of alkyl halides is 3. The second-order valence-electron chi connectivity index (χ2n) is 4.05. The smallest absolute Gasteiger partial charge is 0.417 e. The Kier molecular flexibility index (Phi) is 5.10. The standard InChI is InChI=1S/C12H8BrF3O5/c13-8-2-1-5(3-7(8)12(14,15)16)9(17)4-6(10(18)19)11(20)21/h1-3,6H,4H2,(H,18,19)(H,20,21). The van der Waals surface area contributed by atoms with Crippen molar-refractivity contribution in [1.82, 2.24) is 0 Å². The van der Waals surface area contributed by atoms with E-state index in [-0.39, 0.29) is 4.47 Å². The van der Waals surface area contributed by atoms with Crippen LogP contribution in [-0.4, -0.2) is 27.9 Å². The predicted molar refractivity (Wildman–Crippen MR) is 66.9 cm³/mol. The summed E-state index contributed by atoms with van der Waals surface area (Å²) in [4.78, 5) is 33.1. The van der Waals surface area contributed by atoms with Crippen LogP contribution in [0, 0.1) is 5.92 Å². The van der Waals surface area contributed by atoms with Gasteiger partial charge in [-0.3, -0.25) is 14.4 Å². The number of rotatable bonds is 5. The summed E-state index contributed by atoms with van der Waals surface area (Å²) < 4.78 is 37.8. The van der Waals surface area contributed by atoms with Crippen LogP contribution < -0.4 is 0 Å². The van der Waals surface area contributed by atoms with Crippen molar-refractivity contribution in [3.8, 4) is 0 Å². The van der Waals surface area contributed by atoms with Gasteiger partial charge in [0.25, 0.3) is 0 Å². The molecule has 5 nitrogen and oxygen atoms in total. The summed E-state index contributed by atoms with van der Waals surface area (Å²) in [6, 6.07) is 2.60.